The number of nitrogens with zero attached hydrogens (tertiary/aromatic N) is 1. The zero-order valence-corrected chi connectivity index (χ0v) is 16.9. The maximum Gasteiger partial charge on any atom is 0.330 e. The van der Waals surface area contributed by atoms with Gasteiger partial charge in [0.25, 0.3) is 5.56 Å². The van der Waals surface area contributed by atoms with Gasteiger partial charge in [0.15, 0.2) is 11.8 Å². The minimum absolute atomic E-state index is 0.0635. The number of hydrogen-bond donors (Lipinski definition) is 4. The van der Waals surface area contributed by atoms with Crippen LogP contribution in [-0.4, -0.2) is 29.2 Å². The second-order valence-electron chi connectivity index (χ2n) is 7.76. The van der Waals surface area contributed by atoms with Gasteiger partial charge in [-0.15, -0.1) is 0 Å². The molecule has 0 saturated carbocycles. The van der Waals surface area contributed by atoms with Crippen molar-refractivity contribution >= 4 is 11.5 Å². The molecule has 1 fully saturated rings. The zero-order chi connectivity index (χ0) is 20.9. The molecule has 0 spiro atoms. The van der Waals surface area contributed by atoms with Crippen LogP contribution in [-0.2, 0) is 6.54 Å². The van der Waals surface area contributed by atoms with Crippen LogP contribution in [0.15, 0.2) is 62.7 Å². The topological polar surface area (TPSA) is 110 Å². The maximum absolute atomic E-state index is 12.5. The van der Waals surface area contributed by atoms with Gasteiger partial charge in [-0.25, -0.2) is 4.79 Å². The van der Waals surface area contributed by atoms with Gasteiger partial charge in [-0.2, -0.15) is 0 Å². The predicted octanol–water partition coefficient (Wildman–Crippen LogP) is 0.982. The standard InChI is InChI=1S/C22H27N5O3/c23-20-19(21(28)25-22(29)27(20)15-16-8-3-1-4-9-16)24-14-17(18-10-7-13-30-18)26-11-5-2-6-12-26/h1,3-4,7-10,13,17,24H,2,5-6,11-12,14-15,23H2,(H,25,28,29)/p+1/t17-/m0/s1. The number of nitrogen functional groups attached to an aromatic ring is 1. The molecule has 0 aliphatic carbocycles. The normalized spacial score (nSPS) is 15.7. The summed E-state index contributed by atoms with van der Waals surface area (Å²) in [5, 5.41) is 3.21. The van der Waals surface area contributed by atoms with Gasteiger partial charge >= 0.3 is 5.69 Å². The molecule has 1 aromatic carbocycles. The Labute approximate surface area is 174 Å². The number of H-pyrrole nitrogens is 1. The van der Waals surface area contributed by atoms with Crippen molar-refractivity contribution in [1.82, 2.24) is 9.55 Å². The van der Waals surface area contributed by atoms with Gasteiger partial charge in [0.1, 0.15) is 11.5 Å². The fourth-order valence-electron chi connectivity index (χ4n) is 4.18. The molecule has 8 nitrogen and oxygen atoms in total. The van der Waals surface area contributed by atoms with Crippen molar-refractivity contribution in [3.05, 3.63) is 80.9 Å². The molecule has 0 unspecified atom stereocenters. The number of benzene rings is 1. The first-order valence-corrected chi connectivity index (χ1v) is 10.4. The molecule has 0 bridgehead atoms. The highest BCUT2D eigenvalue weighted by Gasteiger charge is 2.28. The van der Waals surface area contributed by atoms with Gasteiger partial charge < -0.3 is 20.4 Å². The van der Waals surface area contributed by atoms with E-state index in [1.807, 2.05) is 42.5 Å². The molecule has 1 atom stereocenters. The molecular weight excluding hydrogens is 382 g/mol. The second-order valence-corrected chi connectivity index (χ2v) is 7.76. The molecule has 0 amide bonds. The summed E-state index contributed by atoms with van der Waals surface area (Å²) in [5.74, 6) is 1.02. The monoisotopic (exact) mass is 410 g/mol. The van der Waals surface area contributed by atoms with Crippen LogP contribution in [0.5, 0.6) is 0 Å². The Bertz CT molecular complexity index is 1070. The number of nitrogens with one attached hydrogen (secondary N) is 3. The SMILES string of the molecule is Nc1c(NC[C@@H](c2ccco2)[NH+]2CCCCC2)c(=O)[nH]c(=O)n1Cc1ccccc1. The summed E-state index contributed by atoms with van der Waals surface area (Å²) >= 11 is 0. The number of quaternary nitrogens is 1. The van der Waals surface area contributed by atoms with E-state index in [0.29, 0.717) is 6.54 Å². The Kier molecular flexibility index (Phi) is 6.04. The van der Waals surface area contributed by atoms with E-state index in [4.69, 9.17) is 10.2 Å². The van der Waals surface area contributed by atoms with Crippen LogP contribution in [0.2, 0.25) is 0 Å². The third kappa shape index (κ3) is 4.33. The first-order valence-electron chi connectivity index (χ1n) is 10.4. The van der Waals surface area contributed by atoms with Crippen molar-refractivity contribution in [2.24, 2.45) is 0 Å². The number of likely N-dealkylation sites (tertiary alicyclic amines) is 1. The summed E-state index contributed by atoms with van der Waals surface area (Å²) in [4.78, 5) is 28.7. The Morgan fingerprint density at radius 1 is 1.10 bits per heavy atom. The molecule has 2 aromatic heterocycles. The number of rotatable bonds is 7. The molecule has 1 aliphatic rings. The molecule has 5 N–H and O–H groups in total. The fourth-order valence-corrected chi connectivity index (χ4v) is 4.18. The van der Waals surface area contributed by atoms with Gasteiger partial charge in [0.2, 0.25) is 0 Å². The number of aromatic nitrogens is 2. The summed E-state index contributed by atoms with van der Waals surface area (Å²) in [6.07, 6.45) is 5.28. The van der Waals surface area contributed by atoms with E-state index in [1.165, 1.54) is 28.7 Å². The number of hydrogen-bond acceptors (Lipinski definition) is 5. The van der Waals surface area contributed by atoms with E-state index in [9.17, 15) is 9.59 Å². The first-order chi connectivity index (χ1) is 14.6. The molecule has 30 heavy (non-hydrogen) atoms. The third-order valence-electron chi connectivity index (χ3n) is 5.78. The van der Waals surface area contributed by atoms with Crippen LogP contribution in [0.4, 0.5) is 11.5 Å². The van der Waals surface area contributed by atoms with Gasteiger partial charge in [0.05, 0.1) is 32.4 Å². The third-order valence-corrected chi connectivity index (χ3v) is 5.78. The summed E-state index contributed by atoms with van der Waals surface area (Å²) in [6.45, 7) is 2.90. The average Bonchev–Trinajstić information content (AvgIpc) is 3.29. The molecule has 0 radical (unpaired) electrons. The van der Waals surface area contributed by atoms with Gasteiger partial charge in [-0.1, -0.05) is 30.3 Å². The Hall–Kier alpha value is -3.26. The van der Waals surface area contributed by atoms with Crippen molar-refractivity contribution in [3.8, 4) is 0 Å². The molecule has 3 aromatic rings. The van der Waals surface area contributed by atoms with Crippen LogP contribution >= 0.6 is 0 Å². The lowest BCUT2D eigenvalue weighted by atomic mass is 10.1. The first kappa shape index (κ1) is 20.0. The minimum atomic E-state index is -0.517. The number of piperidine rings is 1. The van der Waals surface area contributed by atoms with Crippen LogP contribution in [0.25, 0.3) is 0 Å². The van der Waals surface area contributed by atoms with E-state index in [-0.39, 0.29) is 24.1 Å². The number of anilines is 2. The van der Waals surface area contributed by atoms with Crippen LogP contribution in [0.3, 0.4) is 0 Å². The molecule has 1 aliphatic heterocycles. The number of aromatic amines is 1. The molecular formula is C22H28N5O3+. The molecule has 3 heterocycles. The van der Waals surface area contributed by atoms with E-state index in [0.717, 1.165) is 24.4 Å². The molecule has 4 rings (SSSR count). The smallest absolute Gasteiger partial charge is 0.330 e. The second kappa shape index (κ2) is 9.04. The lowest BCUT2D eigenvalue weighted by Gasteiger charge is -2.30. The molecule has 1 saturated heterocycles. The summed E-state index contributed by atoms with van der Waals surface area (Å²) < 4.78 is 7.07. The minimum Gasteiger partial charge on any atom is -0.463 e. The van der Waals surface area contributed by atoms with E-state index in [1.54, 1.807) is 6.26 Å². The summed E-state index contributed by atoms with van der Waals surface area (Å²) in [6, 6.07) is 13.5. The van der Waals surface area contributed by atoms with E-state index in [2.05, 4.69) is 10.3 Å². The van der Waals surface area contributed by atoms with Gasteiger partial charge in [-0.3, -0.25) is 14.3 Å². The Morgan fingerprint density at radius 3 is 2.57 bits per heavy atom. The number of nitrogens with two attached hydrogens (primary N) is 1. The fraction of sp³-hybridized carbons (Fsp3) is 0.364. The van der Waals surface area contributed by atoms with Gasteiger partial charge in [-0.05, 0) is 37.0 Å². The van der Waals surface area contributed by atoms with Crippen molar-refractivity contribution in [3.63, 3.8) is 0 Å². The van der Waals surface area contributed by atoms with E-state index < -0.39 is 11.2 Å². The highest BCUT2D eigenvalue weighted by molar-refractivity contribution is 5.60. The average molecular weight is 410 g/mol. The highest BCUT2D eigenvalue weighted by atomic mass is 16.3. The lowest BCUT2D eigenvalue weighted by molar-refractivity contribution is -0.935. The molecule has 8 heteroatoms. The van der Waals surface area contributed by atoms with Crippen molar-refractivity contribution < 1.29 is 9.32 Å². The van der Waals surface area contributed by atoms with Crippen LogP contribution in [0.1, 0.15) is 36.6 Å². The summed E-state index contributed by atoms with van der Waals surface area (Å²) in [7, 11) is 0. The largest absolute Gasteiger partial charge is 0.463 e. The summed E-state index contributed by atoms with van der Waals surface area (Å²) in [5.41, 5.74) is 6.39. The highest BCUT2D eigenvalue weighted by Crippen LogP contribution is 2.16. The van der Waals surface area contributed by atoms with E-state index >= 15 is 0 Å². The zero-order valence-electron chi connectivity index (χ0n) is 16.9. The Balaban J connectivity index is 1.59. The maximum atomic E-state index is 12.5. The van der Waals surface area contributed by atoms with Crippen LogP contribution in [0, 0.1) is 0 Å². The predicted molar refractivity (Wildman–Crippen MR) is 116 cm³/mol. The van der Waals surface area contributed by atoms with Gasteiger partial charge in [0, 0.05) is 0 Å². The molecule has 158 valence electrons. The lowest BCUT2D eigenvalue weighted by Crippen LogP contribution is -3.13. The van der Waals surface area contributed by atoms with Crippen molar-refractivity contribution in [1.29, 1.82) is 0 Å². The van der Waals surface area contributed by atoms with Crippen LogP contribution < -0.4 is 27.2 Å². The number of furan rings is 1. The Morgan fingerprint density at radius 2 is 1.87 bits per heavy atom. The van der Waals surface area contributed by atoms with Crippen molar-refractivity contribution in [2.75, 3.05) is 30.7 Å². The quantitative estimate of drug-likeness (QED) is 0.464. The van der Waals surface area contributed by atoms with Crippen molar-refractivity contribution in [2.45, 2.75) is 31.8 Å².